The van der Waals surface area contributed by atoms with Crippen molar-refractivity contribution in [3.8, 4) is 11.3 Å². The maximum absolute atomic E-state index is 12.3. The van der Waals surface area contributed by atoms with Crippen molar-refractivity contribution in [2.24, 2.45) is 0 Å². The van der Waals surface area contributed by atoms with Crippen LogP contribution in [0.15, 0.2) is 36.5 Å². The van der Waals surface area contributed by atoms with E-state index in [4.69, 9.17) is 0 Å². The summed E-state index contributed by atoms with van der Waals surface area (Å²) >= 11 is 0. The van der Waals surface area contributed by atoms with E-state index in [0.29, 0.717) is 11.5 Å². The minimum absolute atomic E-state index is 0.0637. The fraction of sp³-hybridized carbons (Fsp3) is 0.312. The van der Waals surface area contributed by atoms with Crippen molar-refractivity contribution in [1.29, 1.82) is 0 Å². The molecule has 3 rings (SSSR count). The Kier molecular flexibility index (Phi) is 3.22. The fourth-order valence-corrected chi connectivity index (χ4v) is 2.15. The molecule has 1 heterocycles. The summed E-state index contributed by atoms with van der Waals surface area (Å²) in [7, 11) is 3.48. The third-order valence-electron chi connectivity index (χ3n) is 3.43. The Morgan fingerprint density at radius 1 is 1.20 bits per heavy atom. The second-order valence-corrected chi connectivity index (χ2v) is 5.33. The summed E-state index contributed by atoms with van der Waals surface area (Å²) < 4.78 is 0. The van der Waals surface area contributed by atoms with Crippen LogP contribution in [-0.4, -0.2) is 34.9 Å². The molecule has 0 atom stereocenters. The molecule has 0 aliphatic heterocycles. The molecular weight excluding hydrogens is 250 g/mol. The molecule has 0 radical (unpaired) electrons. The van der Waals surface area contributed by atoms with Gasteiger partial charge in [0, 0.05) is 31.8 Å². The van der Waals surface area contributed by atoms with Crippen molar-refractivity contribution < 1.29 is 4.79 Å². The van der Waals surface area contributed by atoms with Crippen LogP contribution in [0.25, 0.3) is 11.3 Å². The van der Waals surface area contributed by atoms with Gasteiger partial charge >= 0.3 is 0 Å². The first kappa shape index (κ1) is 12.8. The minimum atomic E-state index is -0.0637. The molecule has 1 fully saturated rings. The molecular formula is C16H17N3O. The van der Waals surface area contributed by atoms with Crippen LogP contribution in [-0.2, 0) is 0 Å². The summed E-state index contributed by atoms with van der Waals surface area (Å²) in [6, 6.07) is 9.83. The first-order chi connectivity index (χ1) is 9.66. The van der Waals surface area contributed by atoms with E-state index in [1.54, 1.807) is 25.2 Å². The Morgan fingerprint density at radius 2 is 1.90 bits per heavy atom. The van der Waals surface area contributed by atoms with E-state index in [2.05, 4.69) is 9.97 Å². The topological polar surface area (TPSA) is 46.1 Å². The third kappa shape index (κ3) is 2.41. The van der Waals surface area contributed by atoms with Crippen molar-refractivity contribution in [2.45, 2.75) is 18.8 Å². The predicted molar refractivity (Wildman–Crippen MR) is 77.5 cm³/mol. The van der Waals surface area contributed by atoms with Crippen LogP contribution in [0.3, 0.4) is 0 Å². The van der Waals surface area contributed by atoms with Crippen molar-refractivity contribution in [2.75, 3.05) is 14.1 Å². The van der Waals surface area contributed by atoms with Gasteiger partial charge in [-0.3, -0.25) is 4.79 Å². The molecule has 1 aromatic carbocycles. The van der Waals surface area contributed by atoms with Crippen LogP contribution in [0.2, 0.25) is 0 Å². The zero-order valence-electron chi connectivity index (χ0n) is 11.7. The molecule has 20 heavy (non-hydrogen) atoms. The highest BCUT2D eigenvalue weighted by Crippen LogP contribution is 2.38. The molecule has 0 bridgehead atoms. The lowest BCUT2D eigenvalue weighted by molar-refractivity contribution is 0.0827. The number of benzene rings is 1. The van der Waals surface area contributed by atoms with Gasteiger partial charge in [-0.1, -0.05) is 30.3 Å². The van der Waals surface area contributed by atoms with Crippen molar-refractivity contribution in [1.82, 2.24) is 14.9 Å². The highest BCUT2D eigenvalue weighted by Gasteiger charge is 2.28. The van der Waals surface area contributed by atoms with Gasteiger partial charge in [0.2, 0.25) is 0 Å². The van der Waals surface area contributed by atoms with E-state index < -0.39 is 0 Å². The Balaban J connectivity index is 2.11. The normalized spacial score (nSPS) is 14.1. The Hall–Kier alpha value is -2.23. The molecule has 4 heteroatoms. The number of carbonyl (C=O) groups excluding carboxylic acids is 1. The number of hydrogen-bond donors (Lipinski definition) is 0. The summed E-state index contributed by atoms with van der Waals surface area (Å²) in [4.78, 5) is 22.9. The molecule has 1 amide bonds. The van der Waals surface area contributed by atoms with E-state index in [1.807, 2.05) is 30.3 Å². The van der Waals surface area contributed by atoms with Gasteiger partial charge in [-0.2, -0.15) is 0 Å². The van der Waals surface area contributed by atoms with Crippen LogP contribution in [0.4, 0.5) is 0 Å². The monoisotopic (exact) mass is 267 g/mol. The highest BCUT2D eigenvalue weighted by molar-refractivity contribution is 5.99. The van der Waals surface area contributed by atoms with Gasteiger partial charge in [0.25, 0.3) is 5.91 Å². The average Bonchev–Trinajstić information content (AvgIpc) is 3.31. The number of rotatable bonds is 3. The summed E-state index contributed by atoms with van der Waals surface area (Å²) in [5, 5.41) is 0. The third-order valence-corrected chi connectivity index (χ3v) is 3.43. The van der Waals surface area contributed by atoms with Gasteiger partial charge < -0.3 is 4.90 Å². The summed E-state index contributed by atoms with van der Waals surface area (Å²) in [5.41, 5.74) is 2.26. The predicted octanol–water partition coefficient (Wildman–Crippen LogP) is 2.72. The molecule has 4 nitrogen and oxygen atoms in total. The lowest BCUT2D eigenvalue weighted by Crippen LogP contribution is -2.23. The second-order valence-electron chi connectivity index (χ2n) is 5.33. The van der Waals surface area contributed by atoms with Gasteiger partial charge in [0.1, 0.15) is 5.82 Å². The van der Waals surface area contributed by atoms with E-state index >= 15 is 0 Å². The van der Waals surface area contributed by atoms with E-state index in [9.17, 15) is 4.79 Å². The van der Waals surface area contributed by atoms with Crippen molar-refractivity contribution in [3.05, 3.63) is 47.9 Å². The quantitative estimate of drug-likeness (QED) is 0.859. The standard InChI is InChI=1S/C16H17N3O/c1-19(2)16(20)13-10-17-15(12-8-9-12)18-14(13)11-6-4-3-5-7-11/h3-7,10,12H,8-9H2,1-2H3. The summed E-state index contributed by atoms with van der Waals surface area (Å²) in [6.45, 7) is 0. The average molecular weight is 267 g/mol. The van der Waals surface area contributed by atoms with E-state index in [-0.39, 0.29) is 5.91 Å². The Bertz CT molecular complexity index is 633. The van der Waals surface area contributed by atoms with Gasteiger partial charge in [-0.25, -0.2) is 9.97 Å². The summed E-state index contributed by atoms with van der Waals surface area (Å²) in [5.74, 6) is 1.27. The van der Waals surface area contributed by atoms with Crippen molar-refractivity contribution >= 4 is 5.91 Å². The fourth-order valence-electron chi connectivity index (χ4n) is 2.15. The first-order valence-electron chi connectivity index (χ1n) is 6.81. The lowest BCUT2D eigenvalue weighted by atomic mass is 10.1. The van der Waals surface area contributed by atoms with E-state index in [1.165, 1.54) is 0 Å². The minimum Gasteiger partial charge on any atom is -0.345 e. The molecule has 0 spiro atoms. The highest BCUT2D eigenvalue weighted by atomic mass is 16.2. The Morgan fingerprint density at radius 3 is 2.50 bits per heavy atom. The molecule has 1 aromatic heterocycles. The first-order valence-corrected chi connectivity index (χ1v) is 6.81. The van der Waals surface area contributed by atoms with Crippen LogP contribution >= 0.6 is 0 Å². The largest absolute Gasteiger partial charge is 0.345 e. The smallest absolute Gasteiger partial charge is 0.257 e. The molecule has 0 unspecified atom stereocenters. The maximum atomic E-state index is 12.3. The summed E-state index contributed by atoms with van der Waals surface area (Å²) in [6.07, 6.45) is 3.97. The number of amides is 1. The molecule has 1 saturated carbocycles. The van der Waals surface area contributed by atoms with Crippen LogP contribution in [0, 0.1) is 0 Å². The SMILES string of the molecule is CN(C)C(=O)c1cnc(C2CC2)nc1-c1ccccc1. The van der Waals surface area contributed by atoms with Gasteiger partial charge in [0.05, 0.1) is 11.3 Å². The molecule has 2 aromatic rings. The van der Waals surface area contributed by atoms with Crippen LogP contribution in [0.5, 0.6) is 0 Å². The zero-order valence-corrected chi connectivity index (χ0v) is 11.7. The van der Waals surface area contributed by atoms with Gasteiger partial charge in [0.15, 0.2) is 0 Å². The number of carbonyl (C=O) groups is 1. The Labute approximate surface area is 118 Å². The zero-order chi connectivity index (χ0) is 14.1. The lowest BCUT2D eigenvalue weighted by Gasteiger charge is -2.14. The number of aromatic nitrogens is 2. The van der Waals surface area contributed by atoms with Gasteiger partial charge in [-0.15, -0.1) is 0 Å². The van der Waals surface area contributed by atoms with E-state index in [0.717, 1.165) is 29.9 Å². The van der Waals surface area contributed by atoms with Crippen LogP contribution < -0.4 is 0 Å². The number of hydrogen-bond acceptors (Lipinski definition) is 3. The number of nitrogens with zero attached hydrogens (tertiary/aromatic N) is 3. The van der Waals surface area contributed by atoms with Gasteiger partial charge in [-0.05, 0) is 12.8 Å². The molecule has 0 saturated heterocycles. The second kappa shape index (κ2) is 5.04. The maximum Gasteiger partial charge on any atom is 0.257 e. The molecule has 1 aliphatic rings. The molecule has 0 N–H and O–H groups in total. The van der Waals surface area contributed by atoms with Crippen LogP contribution in [0.1, 0.15) is 34.9 Å². The van der Waals surface area contributed by atoms with Crippen molar-refractivity contribution in [3.63, 3.8) is 0 Å². The molecule has 102 valence electrons. The molecule has 1 aliphatic carbocycles.